The van der Waals surface area contributed by atoms with Gasteiger partial charge in [0.2, 0.25) is 0 Å². The topological polar surface area (TPSA) is 79.8 Å². The Bertz CT molecular complexity index is 807. The third kappa shape index (κ3) is 2.99. The van der Waals surface area contributed by atoms with Gasteiger partial charge in [0.25, 0.3) is 11.5 Å². The van der Waals surface area contributed by atoms with E-state index in [0.29, 0.717) is 18.4 Å². The number of rotatable bonds is 2. The number of imidazole rings is 1. The van der Waals surface area contributed by atoms with Crippen LogP contribution in [0.2, 0.25) is 0 Å². The molecule has 3 heterocycles. The van der Waals surface area contributed by atoms with Gasteiger partial charge in [-0.05, 0) is 25.0 Å². The lowest BCUT2D eigenvalue weighted by Crippen LogP contribution is -2.26. The number of hydrogen-bond acceptors (Lipinski definition) is 3. The highest BCUT2D eigenvalue weighted by molar-refractivity contribution is 6.03. The molecule has 3 rings (SSSR count). The van der Waals surface area contributed by atoms with Crippen molar-refractivity contribution in [3.05, 3.63) is 45.8 Å². The van der Waals surface area contributed by atoms with Gasteiger partial charge in [-0.3, -0.25) is 9.59 Å². The second-order valence-corrected chi connectivity index (χ2v) is 5.24. The van der Waals surface area contributed by atoms with Gasteiger partial charge in [-0.15, -0.1) is 0 Å². The predicted molar refractivity (Wildman–Crippen MR) is 75.2 cm³/mol. The lowest BCUT2D eigenvalue weighted by Gasteiger charge is -2.16. The number of carbonyl (C=O) groups excluding carboxylic acids is 1. The third-order valence-corrected chi connectivity index (χ3v) is 3.67. The summed E-state index contributed by atoms with van der Waals surface area (Å²) in [6.45, 7) is 0.703. The molecule has 2 aromatic rings. The van der Waals surface area contributed by atoms with Crippen LogP contribution in [-0.2, 0) is 19.1 Å². The van der Waals surface area contributed by atoms with Gasteiger partial charge in [-0.1, -0.05) is 0 Å². The highest BCUT2D eigenvalue weighted by atomic mass is 19.4. The number of aromatic amines is 1. The molecule has 0 saturated heterocycles. The first kappa shape index (κ1) is 15.3. The maximum Gasteiger partial charge on any atom is 0.431 e. The predicted octanol–water partition coefficient (Wildman–Crippen LogP) is 2.18. The van der Waals surface area contributed by atoms with Crippen LogP contribution >= 0.6 is 0 Å². The van der Waals surface area contributed by atoms with E-state index < -0.39 is 23.3 Å². The van der Waals surface area contributed by atoms with E-state index in [0.717, 1.165) is 31.2 Å². The van der Waals surface area contributed by atoms with Crippen LogP contribution < -0.4 is 10.9 Å². The Morgan fingerprint density at radius 3 is 2.78 bits per heavy atom. The van der Waals surface area contributed by atoms with Crippen LogP contribution in [0.15, 0.2) is 23.1 Å². The van der Waals surface area contributed by atoms with Crippen molar-refractivity contribution in [2.24, 2.45) is 0 Å². The van der Waals surface area contributed by atoms with Crippen LogP contribution in [0.25, 0.3) is 0 Å². The minimum absolute atomic E-state index is 0.385. The summed E-state index contributed by atoms with van der Waals surface area (Å²) in [7, 11) is 0. The van der Waals surface area contributed by atoms with E-state index in [9.17, 15) is 22.8 Å². The molecule has 2 N–H and O–H groups in total. The minimum Gasteiger partial charge on any atom is -0.318 e. The number of alkyl halides is 3. The van der Waals surface area contributed by atoms with Crippen LogP contribution in [0, 0.1) is 0 Å². The highest BCUT2D eigenvalue weighted by Gasteiger charge is 2.32. The number of amides is 1. The molecule has 6 nitrogen and oxygen atoms in total. The average Bonchev–Trinajstić information content (AvgIpc) is 2.89. The van der Waals surface area contributed by atoms with Gasteiger partial charge < -0.3 is 14.9 Å². The summed E-state index contributed by atoms with van der Waals surface area (Å²) >= 11 is 0. The van der Waals surface area contributed by atoms with Crippen LogP contribution in [-0.4, -0.2) is 20.4 Å². The van der Waals surface area contributed by atoms with E-state index in [1.165, 1.54) is 6.20 Å². The van der Waals surface area contributed by atoms with Crippen LogP contribution in [0.4, 0.5) is 19.0 Å². The first-order valence-corrected chi connectivity index (χ1v) is 7.02. The first-order valence-electron chi connectivity index (χ1n) is 7.02. The van der Waals surface area contributed by atoms with E-state index in [1.807, 2.05) is 4.57 Å². The number of aryl methyl sites for hydroxylation is 1. The molecule has 23 heavy (non-hydrogen) atoms. The van der Waals surface area contributed by atoms with Gasteiger partial charge in [-0.25, -0.2) is 4.98 Å². The molecule has 0 atom stereocenters. The fourth-order valence-electron chi connectivity index (χ4n) is 2.52. The highest BCUT2D eigenvalue weighted by Crippen LogP contribution is 2.26. The fourth-order valence-corrected chi connectivity index (χ4v) is 2.52. The first-order chi connectivity index (χ1) is 10.9. The molecule has 0 saturated carbocycles. The zero-order valence-corrected chi connectivity index (χ0v) is 11.9. The second-order valence-electron chi connectivity index (χ2n) is 5.24. The number of anilines is 1. The number of fused-ring (bicyclic) bond motifs is 1. The summed E-state index contributed by atoms with van der Waals surface area (Å²) < 4.78 is 39.4. The van der Waals surface area contributed by atoms with Crippen molar-refractivity contribution in [1.29, 1.82) is 0 Å². The fraction of sp³-hybridized carbons (Fsp3) is 0.357. The SMILES string of the molecule is O=C(Nc1cnc2n1CCCC2)c1ccc(C(F)(F)F)[nH]c1=O. The Balaban J connectivity index is 1.84. The molecular formula is C14H13F3N4O2. The normalized spacial score (nSPS) is 14.4. The smallest absolute Gasteiger partial charge is 0.318 e. The summed E-state index contributed by atoms with van der Waals surface area (Å²) in [4.78, 5) is 29.7. The molecule has 2 aromatic heterocycles. The van der Waals surface area contributed by atoms with Gasteiger partial charge in [-0.2, -0.15) is 13.2 Å². The van der Waals surface area contributed by atoms with Crippen molar-refractivity contribution >= 4 is 11.7 Å². The van der Waals surface area contributed by atoms with Crippen molar-refractivity contribution in [2.45, 2.75) is 32.0 Å². The molecule has 1 aliphatic heterocycles. The van der Waals surface area contributed by atoms with E-state index in [2.05, 4.69) is 10.3 Å². The van der Waals surface area contributed by atoms with Crippen LogP contribution in [0.3, 0.4) is 0 Å². The Kier molecular flexibility index (Phi) is 3.70. The zero-order chi connectivity index (χ0) is 16.6. The average molecular weight is 326 g/mol. The Morgan fingerprint density at radius 2 is 2.09 bits per heavy atom. The van der Waals surface area contributed by atoms with Crippen molar-refractivity contribution in [2.75, 3.05) is 5.32 Å². The molecule has 0 bridgehead atoms. The van der Waals surface area contributed by atoms with Gasteiger partial charge in [0.1, 0.15) is 22.9 Å². The van der Waals surface area contributed by atoms with Crippen LogP contribution in [0.1, 0.15) is 34.7 Å². The minimum atomic E-state index is -4.67. The maximum atomic E-state index is 12.5. The van der Waals surface area contributed by atoms with Crippen LogP contribution in [0.5, 0.6) is 0 Å². The second kappa shape index (κ2) is 5.56. The number of nitrogens with zero attached hydrogens (tertiary/aromatic N) is 2. The largest absolute Gasteiger partial charge is 0.431 e. The standard InChI is InChI=1S/C14H13F3N4O2/c15-14(16,17)9-5-4-8(12(22)19-9)13(23)20-11-7-18-10-3-1-2-6-21(10)11/h4-5,7H,1-3,6H2,(H,19,22)(H,20,23). The zero-order valence-electron chi connectivity index (χ0n) is 11.9. The van der Waals surface area contributed by atoms with Gasteiger partial charge in [0.15, 0.2) is 0 Å². The molecule has 0 aliphatic carbocycles. The molecule has 0 fully saturated rings. The Morgan fingerprint density at radius 1 is 1.30 bits per heavy atom. The van der Waals surface area contributed by atoms with Gasteiger partial charge in [0, 0.05) is 13.0 Å². The van der Waals surface area contributed by atoms with Crippen molar-refractivity contribution in [3.8, 4) is 0 Å². The Labute approximate surface area is 128 Å². The molecule has 1 aliphatic rings. The molecule has 0 unspecified atom stereocenters. The number of hydrogen-bond donors (Lipinski definition) is 2. The summed E-state index contributed by atoms with van der Waals surface area (Å²) in [6, 6.07) is 1.53. The van der Waals surface area contributed by atoms with Gasteiger partial charge in [0.05, 0.1) is 6.20 Å². The molecule has 9 heteroatoms. The van der Waals surface area contributed by atoms with E-state index in [1.54, 1.807) is 4.98 Å². The molecule has 0 aromatic carbocycles. The summed E-state index contributed by atoms with van der Waals surface area (Å²) in [5.41, 5.74) is -2.67. The number of H-pyrrole nitrogens is 1. The molecule has 122 valence electrons. The number of nitrogens with one attached hydrogen (secondary N) is 2. The summed E-state index contributed by atoms with van der Waals surface area (Å²) in [5.74, 6) is 0.505. The lowest BCUT2D eigenvalue weighted by molar-refractivity contribution is -0.141. The van der Waals surface area contributed by atoms with E-state index >= 15 is 0 Å². The quantitative estimate of drug-likeness (QED) is 0.888. The molecule has 0 radical (unpaired) electrons. The molecular weight excluding hydrogens is 313 g/mol. The van der Waals surface area contributed by atoms with Crippen molar-refractivity contribution in [1.82, 2.24) is 14.5 Å². The Hall–Kier alpha value is -2.58. The van der Waals surface area contributed by atoms with Gasteiger partial charge >= 0.3 is 6.18 Å². The van der Waals surface area contributed by atoms with E-state index in [4.69, 9.17) is 0 Å². The van der Waals surface area contributed by atoms with Crippen molar-refractivity contribution in [3.63, 3.8) is 0 Å². The maximum absolute atomic E-state index is 12.5. The number of carbonyl (C=O) groups is 1. The number of halogens is 3. The summed E-state index contributed by atoms with van der Waals surface area (Å²) in [6.07, 6.45) is -0.414. The molecule has 1 amide bonds. The third-order valence-electron chi connectivity index (χ3n) is 3.67. The monoisotopic (exact) mass is 326 g/mol. The van der Waals surface area contributed by atoms with E-state index in [-0.39, 0.29) is 5.56 Å². The number of pyridine rings is 1. The lowest BCUT2D eigenvalue weighted by atomic mass is 10.2. The summed E-state index contributed by atoms with van der Waals surface area (Å²) in [5, 5.41) is 2.53. The number of aromatic nitrogens is 3. The molecule has 0 spiro atoms. The van der Waals surface area contributed by atoms with Crippen molar-refractivity contribution < 1.29 is 18.0 Å².